The molecule has 0 bridgehead atoms. The Balaban J connectivity index is 2.28. The van der Waals surface area contributed by atoms with Crippen LogP contribution in [-0.2, 0) is 10.0 Å². The molecule has 0 spiro atoms. The first-order valence-electron chi connectivity index (χ1n) is 6.31. The Bertz CT molecular complexity index is 652. The summed E-state index contributed by atoms with van der Waals surface area (Å²) in [5.41, 5.74) is 5.53. The van der Waals surface area contributed by atoms with Gasteiger partial charge < -0.3 is 5.73 Å². The zero-order valence-electron chi connectivity index (χ0n) is 12.0. The van der Waals surface area contributed by atoms with Gasteiger partial charge in [-0.2, -0.15) is 5.26 Å². The lowest BCUT2D eigenvalue weighted by molar-refractivity contribution is -0.0593. The van der Waals surface area contributed by atoms with E-state index >= 15 is 0 Å². The third kappa shape index (κ3) is 2.17. The van der Waals surface area contributed by atoms with Crippen LogP contribution in [0.1, 0.15) is 32.6 Å². The van der Waals surface area contributed by atoms with Crippen LogP contribution in [0.25, 0.3) is 0 Å². The largest absolute Gasteiger partial charge is 0.327 e. The van der Waals surface area contributed by atoms with Crippen molar-refractivity contribution in [3.8, 4) is 6.07 Å². The second kappa shape index (κ2) is 4.53. The van der Waals surface area contributed by atoms with Gasteiger partial charge in [0.2, 0.25) is 10.0 Å². The first kappa shape index (κ1) is 15.4. The van der Waals surface area contributed by atoms with Gasteiger partial charge in [-0.3, -0.25) is 0 Å². The van der Waals surface area contributed by atoms with Gasteiger partial charge in [-0.15, -0.1) is 11.3 Å². The number of nitrogens with one attached hydrogen (secondary N) is 1. The molecule has 5 nitrogen and oxygen atoms in total. The summed E-state index contributed by atoms with van der Waals surface area (Å²) in [7, 11) is -3.61. The van der Waals surface area contributed by atoms with Crippen molar-refractivity contribution in [2.24, 2.45) is 16.6 Å². The molecule has 0 saturated heterocycles. The third-order valence-corrected chi connectivity index (χ3v) is 7.23. The maximum atomic E-state index is 12.4. The van der Waals surface area contributed by atoms with Crippen LogP contribution < -0.4 is 10.5 Å². The molecule has 1 aliphatic carbocycles. The molecule has 110 valence electrons. The standard InChI is InChI=1S/C13H19N3O2S2/c1-12(2)10(15)13(3,4)11(12)16-20(17,18)9-6-5-8(7-14)19-9/h5-6,10-11,16H,15H2,1-4H3. The lowest BCUT2D eigenvalue weighted by atomic mass is 9.49. The summed E-state index contributed by atoms with van der Waals surface area (Å²) in [5, 5.41) is 8.79. The Labute approximate surface area is 123 Å². The van der Waals surface area contributed by atoms with Crippen molar-refractivity contribution in [2.45, 2.75) is 44.0 Å². The zero-order valence-corrected chi connectivity index (χ0v) is 13.6. The highest BCUT2D eigenvalue weighted by molar-refractivity contribution is 7.91. The zero-order chi connectivity index (χ0) is 15.3. The van der Waals surface area contributed by atoms with Crippen molar-refractivity contribution in [3.63, 3.8) is 0 Å². The van der Waals surface area contributed by atoms with Crippen LogP contribution in [0.15, 0.2) is 16.3 Å². The molecule has 2 rings (SSSR count). The Hall–Kier alpha value is -0.940. The van der Waals surface area contributed by atoms with Gasteiger partial charge >= 0.3 is 0 Å². The van der Waals surface area contributed by atoms with Crippen LogP contribution in [0.2, 0.25) is 0 Å². The van der Waals surface area contributed by atoms with E-state index in [0.717, 1.165) is 11.3 Å². The summed E-state index contributed by atoms with van der Waals surface area (Å²) in [6, 6.07) is 4.62. The molecule has 1 aromatic rings. The van der Waals surface area contributed by atoms with E-state index in [9.17, 15) is 8.42 Å². The highest BCUT2D eigenvalue weighted by Crippen LogP contribution is 2.53. The molecule has 1 aromatic heterocycles. The summed E-state index contributed by atoms with van der Waals surface area (Å²) < 4.78 is 27.7. The van der Waals surface area contributed by atoms with Gasteiger partial charge in [-0.05, 0) is 23.0 Å². The van der Waals surface area contributed by atoms with Crippen molar-refractivity contribution in [3.05, 3.63) is 17.0 Å². The molecular weight excluding hydrogens is 294 g/mol. The van der Waals surface area contributed by atoms with Crippen molar-refractivity contribution in [1.82, 2.24) is 4.72 Å². The SMILES string of the molecule is CC1(C)C(N)C(C)(C)C1NS(=O)(=O)c1ccc(C#N)s1. The minimum atomic E-state index is -3.61. The number of nitrogens with two attached hydrogens (primary N) is 1. The predicted molar refractivity (Wildman–Crippen MR) is 78.7 cm³/mol. The molecule has 0 amide bonds. The molecule has 1 heterocycles. The Kier molecular flexibility index (Phi) is 3.50. The van der Waals surface area contributed by atoms with Crippen molar-refractivity contribution >= 4 is 21.4 Å². The molecule has 20 heavy (non-hydrogen) atoms. The number of hydrogen-bond acceptors (Lipinski definition) is 5. The van der Waals surface area contributed by atoms with Gasteiger partial charge in [0.25, 0.3) is 0 Å². The van der Waals surface area contributed by atoms with Crippen LogP contribution in [0.5, 0.6) is 0 Å². The molecule has 1 fully saturated rings. The molecule has 1 aliphatic rings. The molecule has 0 aliphatic heterocycles. The quantitative estimate of drug-likeness (QED) is 0.887. The van der Waals surface area contributed by atoms with Crippen molar-refractivity contribution in [2.75, 3.05) is 0 Å². The van der Waals surface area contributed by atoms with E-state index in [1.807, 2.05) is 33.8 Å². The Morgan fingerprint density at radius 1 is 1.30 bits per heavy atom. The minimum absolute atomic E-state index is 0.0688. The summed E-state index contributed by atoms with van der Waals surface area (Å²) in [4.78, 5) is 0.384. The summed E-state index contributed by atoms with van der Waals surface area (Å²) >= 11 is 0.975. The Morgan fingerprint density at radius 2 is 1.85 bits per heavy atom. The lowest BCUT2D eigenvalue weighted by Gasteiger charge is -2.62. The maximum Gasteiger partial charge on any atom is 0.250 e. The van der Waals surface area contributed by atoms with Gasteiger partial charge in [-0.25, -0.2) is 13.1 Å². The predicted octanol–water partition coefficient (Wildman–Crippen LogP) is 1.66. The van der Waals surface area contributed by atoms with E-state index in [0.29, 0.717) is 4.88 Å². The van der Waals surface area contributed by atoms with Gasteiger partial charge in [0, 0.05) is 12.1 Å². The number of nitrogens with zero attached hydrogens (tertiary/aromatic N) is 1. The maximum absolute atomic E-state index is 12.4. The van der Waals surface area contributed by atoms with E-state index in [2.05, 4.69) is 4.72 Å². The molecule has 7 heteroatoms. The van der Waals surface area contributed by atoms with Crippen LogP contribution >= 0.6 is 11.3 Å². The van der Waals surface area contributed by atoms with Crippen molar-refractivity contribution in [1.29, 1.82) is 5.26 Å². The highest BCUT2D eigenvalue weighted by Gasteiger charge is 2.61. The third-order valence-electron chi connectivity index (χ3n) is 4.32. The second-order valence-corrected chi connectivity index (χ2v) is 9.43. The lowest BCUT2D eigenvalue weighted by Crippen LogP contribution is -2.75. The fourth-order valence-electron chi connectivity index (χ4n) is 3.22. The number of rotatable bonds is 3. The number of nitriles is 1. The van der Waals surface area contributed by atoms with Gasteiger partial charge in [0.1, 0.15) is 15.2 Å². The molecule has 0 radical (unpaired) electrons. The van der Waals surface area contributed by atoms with Crippen LogP contribution in [0, 0.1) is 22.2 Å². The Morgan fingerprint density at radius 3 is 2.30 bits per heavy atom. The molecule has 0 unspecified atom stereocenters. The van der Waals surface area contributed by atoms with Crippen LogP contribution in [0.4, 0.5) is 0 Å². The van der Waals surface area contributed by atoms with Gasteiger partial charge in [-0.1, -0.05) is 27.7 Å². The first-order chi connectivity index (χ1) is 9.03. The van der Waals surface area contributed by atoms with E-state index in [-0.39, 0.29) is 27.1 Å². The number of sulfonamides is 1. The molecule has 1 saturated carbocycles. The molecule has 0 aromatic carbocycles. The van der Waals surface area contributed by atoms with E-state index in [1.54, 1.807) is 0 Å². The normalized spacial score (nSPS) is 27.6. The van der Waals surface area contributed by atoms with Crippen molar-refractivity contribution < 1.29 is 8.42 Å². The topological polar surface area (TPSA) is 96.0 Å². The smallest absolute Gasteiger partial charge is 0.250 e. The average molecular weight is 313 g/mol. The number of hydrogen-bond donors (Lipinski definition) is 2. The van der Waals surface area contributed by atoms with Gasteiger partial charge in [0.05, 0.1) is 0 Å². The second-order valence-electron chi connectivity index (χ2n) is 6.41. The summed E-state index contributed by atoms with van der Waals surface area (Å²) in [6.45, 7) is 7.85. The summed E-state index contributed by atoms with van der Waals surface area (Å²) in [5.74, 6) is 0. The van der Waals surface area contributed by atoms with Crippen LogP contribution in [0.3, 0.4) is 0 Å². The van der Waals surface area contributed by atoms with E-state index in [1.165, 1.54) is 12.1 Å². The average Bonchev–Trinajstić information content (AvgIpc) is 2.84. The molecular formula is C13H19N3O2S2. The van der Waals surface area contributed by atoms with Gasteiger partial charge in [0.15, 0.2) is 0 Å². The monoisotopic (exact) mass is 313 g/mol. The molecule has 0 atom stereocenters. The van der Waals surface area contributed by atoms with E-state index in [4.69, 9.17) is 11.0 Å². The van der Waals surface area contributed by atoms with E-state index < -0.39 is 10.0 Å². The number of thiophene rings is 1. The molecule has 3 N–H and O–H groups in total. The fourth-order valence-corrected chi connectivity index (χ4v) is 5.89. The fraction of sp³-hybridized carbons (Fsp3) is 0.615. The highest BCUT2D eigenvalue weighted by atomic mass is 32.2. The first-order valence-corrected chi connectivity index (χ1v) is 8.61. The minimum Gasteiger partial charge on any atom is -0.327 e. The van der Waals surface area contributed by atoms with Crippen LogP contribution in [-0.4, -0.2) is 20.5 Å². The summed E-state index contributed by atoms with van der Waals surface area (Å²) in [6.07, 6.45) is 0.